The summed E-state index contributed by atoms with van der Waals surface area (Å²) in [7, 11) is 1.73. The Bertz CT molecular complexity index is 69.0. The third-order valence-electron chi connectivity index (χ3n) is 1.38. The van der Waals surface area contributed by atoms with Gasteiger partial charge in [-0.15, -0.1) is 0 Å². The van der Waals surface area contributed by atoms with E-state index in [1.807, 2.05) is 0 Å². The van der Waals surface area contributed by atoms with Crippen LogP contribution in [0.5, 0.6) is 0 Å². The van der Waals surface area contributed by atoms with Gasteiger partial charge in [0.15, 0.2) is 0 Å². The van der Waals surface area contributed by atoms with Crippen molar-refractivity contribution in [2.45, 2.75) is 32.3 Å². The summed E-state index contributed by atoms with van der Waals surface area (Å²) in [5, 5.41) is 0. The van der Waals surface area contributed by atoms with Crippen molar-refractivity contribution in [3.63, 3.8) is 0 Å². The molecule has 1 radical (unpaired) electrons. The minimum absolute atomic E-state index is 0.380. The molecule has 0 aliphatic carbocycles. The Labute approximate surface area is 57.7 Å². The molecule has 0 aromatic heterocycles. The summed E-state index contributed by atoms with van der Waals surface area (Å²) in [6.45, 7) is 7.26. The number of hydrogen-bond acceptors (Lipinski definition) is 1. The Morgan fingerprint density at radius 2 is 2.33 bits per heavy atom. The summed E-state index contributed by atoms with van der Waals surface area (Å²) in [6.07, 6.45) is 5.30. The number of ether oxygens (including phenoxy) is 1. The lowest BCUT2D eigenvalue weighted by molar-refractivity contribution is 0.109. The molecule has 0 saturated carbocycles. The van der Waals surface area contributed by atoms with Gasteiger partial charge in [0.25, 0.3) is 0 Å². The van der Waals surface area contributed by atoms with Crippen molar-refractivity contribution in [1.82, 2.24) is 0 Å². The molecule has 1 unspecified atom stereocenters. The average Bonchev–Trinajstić information content (AvgIpc) is 1.89. The Balaban J connectivity index is 2.96. The first-order valence-electron chi connectivity index (χ1n) is 3.37. The van der Waals surface area contributed by atoms with Crippen LogP contribution in [0.1, 0.15) is 26.2 Å². The highest BCUT2D eigenvalue weighted by Gasteiger charge is 1.95. The van der Waals surface area contributed by atoms with Gasteiger partial charge < -0.3 is 4.74 Å². The SMILES string of the molecule is [CH]=CCCCC(C)OC. The monoisotopic (exact) mass is 127 g/mol. The van der Waals surface area contributed by atoms with Crippen LogP contribution in [-0.2, 0) is 4.74 Å². The molecule has 1 atom stereocenters. The molecule has 0 saturated heterocycles. The molecule has 1 heteroatoms. The summed E-state index contributed by atoms with van der Waals surface area (Å²) in [5.41, 5.74) is 0. The first-order chi connectivity index (χ1) is 4.31. The van der Waals surface area contributed by atoms with E-state index in [1.54, 1.807) is 13.2 Å². The molecular weight excluding hydrogens is 112 g/mol. The molecule has 0 bridgehead atoms. The summed E-state index contributed by atoms with van der Waals surface area (Å²) in [4.78, 5) is 0. The Morgan fingerprint density at radius 3 is 2.78 bits per heavy atom. The van der Waals surface area contributed by atoms with Crippen LogP contribution in [0.3, 0.4) is 0 Å². The summed E-state index contributed by atoms with van der Waals surface area (Å²) in [6, 6.07) is 0. The Morgan fingerprint density at radius 1 is 1.67 bits per heavy atom. The van der Waals surface area contributed by atoms with Crippen molar-refractivity contribution in [3.8, 4) is 0 Å². The molecule has 0 aliphatic rings. The van der Waals surface area contributed by atoms with Crippen LogP contribution in [0.25, 0.3) is 0 Å². The zero-order valence-corrected chi connectivity index (χ0v) is 6.26. The molecule has 0 fully saturated rings. The third kappa shape index (κ3) is 5.57. The van der Waals surface area contributed by atoms with Crippen LogP contribution in [0.15, 0.2) is 6.08 Å². The number of rotatable bonds is 5. The fourth-order valence-corrected chi connectivity index (χ4v) is 0.641. The molecular formula is C8H15O. The molecule has 0 spiro atoms. The fraction of sp³-hybridized carbons (Fsp3) is 0.750. The van der Waals surface area contributed by atoms with E-state index < -0.39 is 0 Å². The molecule has 0 aliphatic heterocycles. The quantitative estimate of drug-likeness (QED) is 0.514. The van der Waals surface area contributed by atoms with Crippen molar-refractivity contribution in [2.75, 3.05) is 7.11 Å². The Kier molecular flexibility index (Phi) is 5.64. The number of allylic oxidation sites excluding steroid dienone is 1. The van der Waals surface area contributed by atoms with Gasteiger partial charge in [-0.05, 0) is 26.2 Å². The van der Waals surface area contributed by atoms with E-state index in [1.165, 1.54) is 0 Å². The van der Waals surface area contributed by atoms with E-state index in [4.69, 9.17) is 11.3 Å². The zero-order valence-electron chi connectivity index (χ0n) is 6.26. The van der Waals surface area contributed by atoms with E-state index in [2.05, 4.69) is 6.92 Å². The molecule has 0 N–H and O–H groups in total. The largest absolute Gasteiger partial charge is 0.382 e. The normalized spacial score (nSPS) is 13.1. The molecule has 0 aromatic rings. The van der Waals surface area contributed by atoms with Gasteiger partial charge in [0, 0.05) is 7.11 Å². The number of methoxy groups -OCH3 is 1. The third-order valence-corrected chi connectivity index (χ3v) is 1.38. The van der Waals surface area contributed by atoms with E-state index in [-0.39, 0.29) is 0 Å². The smallest absolute Gasteiger partial charge is 0.0543 e. The maximum atomic E-state index is 5.19. The van der Waals surface area contributed by atoms with Crippen molar-refractivity contribution < 1.29 is 4.74 Å². The van der Waals surface area contributed by atoms with Crippen LogP contribution in [-0.4, -0.2) is 13.2 Å². The maximum absolute atomic E-state index is 5.19. The van der Waals surface area contributed by atoms with Gasteiger partial charge in [-0.25, -0.2) is 0 Å². The lowest BCUT2D eigenvalue weighted by Crippen LogP contribution is -2.03. The average molecular weight is 127 g/mol. The van der Waals surface area contributed by atoms with E-state index in [0.717, 1.165) is 19.3 Å². The van der Waals surface area contributed by atoms with Crippen LogP contribution in [0.2, 0.25) is 0 Å². The van der Waals surface area contributed by atoms with E-state index in [9.17, 15) is 0 Å². The van der Waals surface area contributed by atoms with Crippen molar-refractivity contribution in [2.24, 2.45) is 0 Å². The van der Waals surface area contributed by atoms with Crippen LogP contribution >= 0.6 is 0 Å². The van der Waals surface area contributed by atoms with Gasteiger partial charge in [-0.2, -0.15) is 0 Å². The standard InChI is InChI=1S/C8H15O/c1-4-5-6-7-8(2)9-3/h1,4,8H,5-7H2,2-3H3. The minimum Gasteiger partial charge on any atom is -0.382 e. The topological polar surface area (TPSA) is 9.23 Å². The van der Waals surface area contributed by atoms with Gasteiger partial charge in [-0.3, -0.25) is 0 Å². The van der Waals surface area contributed by atoms with Crippen molar-refractivity contribution in [1.29, 1.82) is 0 Å². The van der Waals surface area contributed by atoms with E-state index in [0.29, 0.717) is 6.10 Å². The molecule has 53 valence electrons. The highest BCUT2D eigenvalue weighted by atomic mass is 16.5. The summed E-state index contributed by atoms with van der Waals surface area (Å²) >= 11 is 0. The fourth-order valence-electron chi connectivity index (χ4n) is 0.641. The lowest BCUT2D eigenvalue weighted by Gasteiger charge is -2.06. The second-order valence-corrected chi connectivity index (χ2v) is 2.21. The molecule has 9 heavy (non-hydrogen) atoms. The molecule has 0 aromatic carbocycles. The van der Waals surface area contributed by atoms with Gasteiger partial charge in [0.2, 0.25) is 0 Å². The first-order valence-corrected chi connectivity index (χ1v) is 3.37. The highest BCUT2D eigenvalue weighted by Crippen LogP contribution is 2.02. The Hall–Kier alpha value is -0.300. The predicted molar refractivity (Wildman–Crippen MR) is 39.2 cm³/mol. The number of unbranched alkanes of at least 4 members (excludes halogenated alkanes) is 1. The highest BCUT2D eigenvalue weighted by molar-refractivity contribution is 4.63. The minimum atomic E-state index is 0.380. The first kappa shape index (κ1) is 8.70. The molecule has 0 heterocycles. The maximum Gasteiger partial charge on any atom is 0.0543 e. The summed E-state index contributed by atoms with van der Waals surface area (Å²) < 4.78 is 5.04. The van der Waals surface area contributed by atoms with Gasteiger partial charge in [0.1, 0.15) is 0 Å². The van der Waals surface area contributed by atoms with Crippen LogP contribution in [0.4, 0.5) is 0 Å². The van der Waals surface area contributed by atoms with Crippen molar-refractivity contribution >= 4 is 0 Å². The summed E-state index contributed by atoms with van der Waals surface area (Å²) in [5.74, 6) is 0. The van der Waals surface area contributed by atoms with Gasteiger partial charge in [-0.1, -0.05) is 12.7 Å². The van der Waals surface area contributed by atoms with Crippen LogP contribution in [0, 0.1) is 6.58 Å². The van der Waals surface area contributed by atoms with E-state index >= 15 is 0 Å². The second kappa shape index (κ2) is 5.83. The number of hydrogen-bond donors (Lipinski definition) is 0. The zero-order chi connectivity index (χ0) is 7.11. The molecule has 0 rings (SSSR count). The second-order valence-electron chi connectivity index (χ2n) is 2.21. The van der Waals surface area contributed by atoms with Gasteiger partial charge >= 0.3 is 0 Å². The van der Waals surface area contributed by atoms with Crippen LogP contribution < -0.4 is 0 Å². The van der Waals surface area contributed by atoms with Crippen molar-refractivity contribution in [3.05, 3.63) is 12.7 Å². The predicted octanol–water partition coefficient (Wildman–Crippen LogP) is 2.18. The van der Waals surface area contributed by atoms with Gasteiger partial charge in [0.05, 0.1) is 6.10 Å². The lowest BCUT2D eigenvalue weighted by atomic mass is 10.2. The molecule has 1 nitrogen and oxygen atoms in total. The molecule has 0 amide bonds.